The van der Waals surface area contributed by atoms with Crippen molar-refractivity contribution >= 4 is 23.2 Å². The number of hydrogen-bond acceptors (Lipinski definition) is 2. The molecule has 2 aromatic heterocycles. The molecular weight excluding hydrogens is 294 g/mol. The van der Waals surface area contributed by atoms with E-state index in [0.717, 1.165) is 12.2 Å². The maximum absolute atomic E-state index is 4.67. The Morgan fingerprint density at radius 2 is 1.86 bits per heavy atom. The first kappa shape index (κ1) is 16.5. The number of nitrogens with zero attached hydrogens (tertiary/aromatic N) is 3. The lowest BCUT2D eigenvalue weighted by Crippen LogP contribution is -1.99. The highest BCUT2D eigenvalue weighted by Crippen LogP contribution is 2.24. The van der Waals surface area contributed by atoms with Crippen LogP contribution in [0.5, 0.6) is 0 Å². The van der Waals surface area contributed by atoms with E-state index in [1.165, 1.54) is 42.0 Å². The van der Waals surface area contributed by atoms with Crippen molar-refractivity contribution in [1.29, 1.82) is 0 Å². The normalized spacial score (nSPS) is 10.6. The molecule has 0 aliphatic heterocycles. The molecule has 3 nitrogen and oxygen atoms in total. The van der Waals surface area contributed by atoms with Gasteiger partial charge >= 0.3 is 0 Å². The minimum Gasteiger partial charge on any atom is -0.290 e. The number of halogens is 1. The Morgan fingerprint density at radius 1 is 1.05 bits per heavy atom. The summed E-state index contributed by atoms with van der Waals surface area (Å²) in [6.07, 6.45) is 13.8. The predicted molar refractivity (Wildman–Crippen MR) is 94.0 cm³/mol. The van der Waals surface area contributed by atoms with E-state index in [9.17, 15) is 0 Å². The summed E-state index contributed by atoms with van der Waals surface area (Å²) < 4.78 is 1.98. The smallest absolute Gasteiger partial charge is 0.145 e. The van der Waals surface area contributed by atoms with Gasteiger partial charge in [0.1, 0.15) is 12.1 Å². The zero-order chi connectivity index (χ0) is 14.5. The van der Waals surface area contributed by atoms with E-state index in [1.54, 1.807) is 12.5 Å². The highest BCUT2D eigenvalue weighted by Gasteiger charge is 2.08. The molecule has 0 amide bonds. The zero-order valence-corrected chi connectivity index (χ0v) is 13.7. The molecule has 0 saturated carbocycles. The quantitative estimate of drug-likeness (QED) is 0.602. The van der Waals surface area contributed by atoms with E-state index in [0.29, 0.717) is 0 Å². The van der Waals surface area contributed by atoms with Gasteiger partial charge in [-0.2, -0.15) is 0 Å². The van der Waals surface area contributed by atoms with Crippen LogP contribution in [0.15, 0.2) is 49.2 Å². The van der Waals surface area contributed by atoms with Crippen LogP contribution in [-0.2, 0) is 6.42 Å². The van der Waals surface area contributed by atoms with Crippen molar-refractivity contribution in [2.75, 3.05) is 0 Å². The van der Waals surface area contributed by atoms with Gasteiger partial charge in [0.05, 0.1) is 0 Å². The lowest BCUT2D eigenvalue weighted by Gasteiger charge is -2.10. The van der Waals surface area contributed by atoms with E-state index < -0.39 is 0 Å². The molecule has 1 aromatic carbocycles. The van der Waals surface area contributed by atoms with Gasteiger partial charge in [-0.3, -0.25) is 4.57 Å². The van der Waals surface area contributed by atoms with Crippen molar-refractivity contribution in [2.24, 2.45) is 0 Å². The molecule has 0 atom stereocenters. The van der Waals surface area contributed by atoms with Crippen LogP contribution in [0.25, 0.3) is 16.6 Å². The van der Waals surface area contributed by atoms with Gasteiger partial charge in [-0.05, 0) is 23.8 Å². The van der Waals surface area contributed by atoms with Crippen molar-refractivity contribution in [3.05, 3.63) is 54.7 Å². The van der Waals surface area contributed by atoms with Crippen molar-refractivity contribution in [1.82, 2.24) is 14.5 Å². The average molecular weight is 316 g/mol. The number of fused-ring (bicyclic) bond motifs is 1. The fraction of sp³-hybridized carbons (Fsp3) is 0.333. The SMILES string of the molecule is CCCCCCc1cnc(-n2ccnc2)c2ccccc12.Cl. The monoisotopic (exact) mass is 315 g/mol. The number of unbranched alkanes of at least 4 members (excludes halogenated alkanes) is 3. The first-order valence-corrected chi connectivity index (χ1v) is 7.75. The molecule has 4 heteroatoms. The lowest BCUT2D eigenvalue weighted by atomic mass is 10.0. The number of aryl methyl sites for hydroxylation is 1. The second-order valence-electron chi connectivity index (χ2n) is 5.43. The van der Waals surface area contributed by atoms with E-state index in [4.69, 9.17) is 0 Å². The molecule has 0 aliphatic rings. The van der Waals surface area contributed by atoms with E-state index in [2.05, 4.69) is 41.2 Å². The van der Waals surface area contributed by atoms with Gasteiger partial charge in [0, 0.05) is 24.0 Å². The molecule has 0 saturated heterocycles. The minimum atomic E-state index is 0. The highest BCUT2D eigenvalue weighted by molar-refractivity contribution is 5.91. The fourth-order valence-corrected chi connectivity index (χ4v) is 2.77. The molecule has 0 spiro atoms. The third-order valence-corrected chi connectivity index (χ3v) is 3.91. The minimum absolute atomic E-state index is 0. The van der Waals surface area contributed by atoms with Gasteiger partial charge in [0.2, 0.25) is 0 Å². The summed E-state index contributed by atoms with van der Waals surface area (Å²) in [5.74, 6) is 0.959. The average Bonchev–Trinajstić information content (AvgIpc) is 3.05. The van der Waals surface area contributed by atoms with Crippen LogP contribution in [0.1, 0.15) is 38.2 Å². The van der Waals surface area contributed by atoms with Crippen molar-refractivity contribution in [2.45, 2.75) is 39.0 Å². The number of aromatic nitrogens is 3. The largest absolute Gasteiger partial charge is 0.290 e. The van der Waals surface area contributed by atoms with Gasteiger partial charge in [-0.15, -0.1) is 12.4 Å². The summed E-state index contributed by atoms with van der Waals surface area (Å²) in [5.41, 5.74) is 1.35. The molecule has 22 heavy (non-hydrogen) atoms. The van der Waals surface area contributed by atoms with Gasteiger partial charge in [0.25, 0.3) is 0 Å². The first-order valence-electron chi connectivity index (χ1n) is 7.75. The molecule has 0 radical (unpaired) electrons. The second-order valence-corrected chi connectivity index (χ2v) is 5.43. The topological polar surface area (TPSA) is 30.7 Å². The Kier molecular flexibility index (Phi) is 5.96. The van der Waals surface area contributed by atoms with E-state index in [-0.39, 0.29) is 12.4 Å². The molecule has 2 heterocycles. The van der Waals surface area contributed by atoms with Crippen molar-refractivity contribution in [3.8, 4) is 5.82 Å². The third-order valence-electron chi connectivity index (χ3n) is 3.91. The molecule has 3 aromatic rings. The van der Waals surface area contributed by atoms with E-state index >= 15 is 0 Å². The van der Waals surface area contributed by atoms with Crippen LogP contribution < -0.4 is 0 Å². The summed E-state index contributed by atoms with van der Waals surface area (Å²) >= 11 is 0. The van der Waals surface area contributed by atoms with Gasteiger partial charge in [0.15, 0.2) is 0 Å². The molecule has 0 bridgehead atoms. The summed E-state index contributed by atoms with van der Waals surface area (Å²) in [4.78, 5) is 8.79. The molecule has 3 rings (SSSR count). The second kappa shape index (κ2) is 7.95. The Morgan fingerprint density at radius 3 is 2.59 bits per heavy atom. The Hall–Kier alpha value is -1.87. The van der Waals surface area contributed by atoms with Crippen molar-refractivity contribution in [3.63, 3.8) is 0 Å². The maximum atomic E-state index is 4.67. The summed E-state index contributed by atoms with van der Waals surface area (Å²) in [7, 11) is 0. The van der Waals surface area contributed by atoms with E-state index in [1.807, 2.05) is 17.0 Å². The van der Waals surface area contributed by atoms with Crippen LogP contribution in [0.3, 0.4) is 0 Å². The highest BCUT2D eigenvalue weighted by atomic mass is 35.5. The standard InChI is InChI=1S/C18H21N3.ClH/c1-2-3-4-5-8-15-13-20-18(21-12-11-19-14-21)17-10-7-6-9-16(15)17;/h6-7,9-14H,2-5,8H2,1H3;1H. The van der Waals surface area contributed by atoms with Crippen LogP contribution in [0, 0.1) is 0 Å². The van der Waals surface area contributed by atoms with Gasteiger partial charge in [-0.25, -0.2) is 9.97 Å². The van der Waals surface area contributed by atoms with Crippen molar-refractivity contribution < 1.29 is 0 Å². The summed E-state index contributed by atoms with van der Waals surface area (Å²) in [6, 6.07) is 8.53. The number of benzene rings is 1. The molecular formula is C18H22ClN3. The van der Waals surface area contributed by atoms with Crippen LogP contribution in [-0.4, -0.2) is 14.5 Å². The van der Waals surface area contributed by atoms with Gasteiger partial charge < -0.3 is 0 Å². The number of hydrogen-bond donors (Lipinski definition) is 0. The van der Waals surface area contributed by atoms with Crippen LogP contribution in [0.4, 0.5) is 0 Å². The predicted octanol–water partition coefficient (Wildman–Crippen LogP) is 4.97. The van der Waals surface area contributed by atoms with Crippen LogP contribution >= 0.6 is 12.4 Å². The summed E-state index contributed by atoms with van der Waals surface area (Å²) in [6.45, 7) is 2.25. The number of imidazole rings is 1. The third kappa shape index (κ3) is 3.47. The maximum Gasteiger partial charge on any atom is 0.145 e. The molecule has 0 N–H and O–H groups in total. The number of rotatable bonds is 6. The summed E-state index contributed by atoms with van der Waals surface area (Å²) in [5, 5.41) is 2.51. The van der Waals surface area contributed by atoms with Gasteiger partial charge in [-0.1, -0.05) is 50.5 Å². The Labute approximate surface area is 137 Å². The van der Waals surface area contributed by atoms with Crippen LogP contribution in [0.2, 0.25) is 0 Å². The zero-order valence-electron chi connectivity index (χ0n) is 12.9. The fourth-order valence-electron chi connectivity index (χ4n) is 2.77. The molecule has 0 aliphatic carbocycles. The first-order chi connectivity index (χ1) is 10.4. The Balaban J connectivity index is 0.00000176. The lowest BCUT2D eigenvalue weighted by molar-refractivity contribution is 0.667. The molecule has 116 valence electrons. The Bertz CT molecular complexity index is 707. The number of pyridine rings is 1. The molecule has 0 unspecified atom stereocenters. The molecule has 0 fully saturated rings.